The highest BCUT2D eigenvalue weighted by molar-refractivity contribution is 7.18. The standard InChI is InChI=1S/C24H23FN4OS/c25-19-7-3-1-5-16(19)13-17(26)14-30-23-21-18-6-2-4-8-20(18)31-24(21)29-22(28-23)15-9-11-27-12-10-15/h1,3,5,7,9-12,17H,2,4,6,8,13-14,26H2/t17-/m0/s1. The predicted octanol–water partition coefficient (Wildman–Crippen LogP) is 4.72. The summed E-state index contributed by atoms with van der Waals surface area (Å²) in [4.78, 5) is 16.0. The van der Waals surface area contributed by atoms with Crippen molar-refractivity contribution in [1.29, 1.82) is 0 Å². The molecule has 1 aliphatic rings. The van der Waals surface area contributed by atoms with E-state index in [0.717, 1.165) is 35.0 Å². The number of hydrogen-bond acceptors (Lipinski definition) is 6. The van der Waals surface area contributed by atoms with E-state index in [4.69, 9.17) is 20.4 Å². The third-order valence-corrected chi connectivity index (χ3v) is 6.78. The monoisotopic (exact) mass is 434 g/mol. The highest BCUT2D eigenvalue weighted by Crippen LogP contribution is 2.40. The number of pyridine rings is 1. The van der Waals surface area contributed by atoms with Crippen molar-refractivity contribution in [2.45, 2.75) is 38.1 Å². The van der Waals surface area contributed by atoms with Crippen molar-refractivity contribution in [3.8, 4) is 17.3 Å². The fourth-order valence-electron chi connectivity index (χ4n) is 4.05. The third-order valence-electron chi connectivity index (χ3n) is 5.59. The van der Waals surface area contributed by atoms with Gasteiger partial charge in [0.15, 0.2) is 5.82 Å². The van der Waals surface area contributed by atoms with Gasteiger partial charge in [0.25, 0.3) is 0 Å². The summed E-state index contributed by atoms with van der Waals surface area (Å²) in [5.74, 6) is 0.945. The Morgan fingerprint density at radius 1 is 1.06 bits per heavy atom. The molecule has 7 heteroatoms. The number of aromatic nitrogens is 3. The van der Waals surface area contributed by atoms with Crippen LogP contribution >= 0.6 is 11.3 Å². The van der Waals surface area contributed by atoms with Crippen LogP contribution in [-0.2, 0) is 19.3 Å². The van der Waals surface area contributed by atoms with Crippen LogP contribution in [0, 0.1) is 5.82 Å². The quantitative estimate of drug-likeness (QED) is 0.475. The van der Waals surface area contributed by atoms with Gasteiger partial charge in [0, 0.05) is 28.9 Å². The van der Waals surface area contributed by atoms with Crippen LogP contribution in [-0.4, -0.2) is 27.6 Å². The zero-order valence-electron chi connectivity index (χ0n) is 17.1. The van der Waals surface area contributed by atoms with E-state index in [1.54, 1.807) is 35.9 Å². The van der Waals surface area contributed by atoms with Gasteiger partial charge in [-0.2, -0.15) is 4.98 Å². The number of hydrogen-bond donors (Lipinski definition) is 1. The molecule has 1 aliphatic carbocycles. The van der Waals surface area contributed by atoms with Gasteiger partial charge in [-0.1, -0.05) is 18.2 Å². The molecule has 31 heavy (non-hydrogen) atoms. The van der Waals surface area contributed by atoms with E-state index < -0.39 is 0 Å². The Morgan fingerprint density at radius 2 is 1.87 bits per heavy atom. The summed E-state index contributed by atoms with van der Waals surface area (Å²) in [5.41, 5.74) is 9.09. The molecule has 0 saturated carbocycles. The molecule has 3 aromatic heterocycles. The summed E-state index contributed by atoms with van der Waals surface area (Å²) in [7, 11) is 0. The van der Waals surface area contributed by atoms with Crippen molar-refractivity contribution >= 4 is 21.6 Å². The normalized spacial score (nSPS) is 14.4. The lowest BCUT2D eigenvalue weighted by molar-refractivity contribution is 0.280. The van der Waals surface area contributed by atoms with Crippen molar-refractivity contribution in [2.75, 3.05) is 6.61 Å². The summed E-state index contributed by atoms with van der Waals surface area (Å²) < 4.78 is 20.2. The van der Waals surface area contributed by atoms with Gasteiger partial charge >= 0.3 is 0 Å². The van der Waals surface area contributed by atoms with E-state index in [0.29, 0.717) is 23.7 Å². The van der Waals surface area contributed by atoms with E-state index >= 15 is 0 Å². The molecule has 1 aromatic carbocycles. The molecule has 0 radical (unpaired) electrons. The van der Waals surface area contributed by atoms with Crippen LogP contribution in [0.5, 0.6) is 5.88 Å². The number of nitrogens with two attached hydrogens (primary N) is 1. The minimum absolute atomic E-state index is 0.241. The van der Waals surface area contributed by atoms with Gasteiger partial charge in [0.1, 0.15) is 17.3 Å². The topological polar surface area (TPSA) is 73.9 Å². The number of rotatable bonds is 6. The molecule has 0 unspecified atom stereocenters. The molecule has 0 fully saturated rings. The van der Waals surface area contributed by atoms with E-state index in [9.17, 15) is 4.39 Å². The van der Waals surface area contributed by atoms with E-state index in [1.807, 2.05) is 18.2 Å². The summed E-state index contributed by atoms with van der Waals surface area (Å²) in [6.45, 7) is 0.251. The minimum atomic E-state index is -0.347. The first-order valence-electron chi connectivity index (χ1n) is 10.5. The molecule has 0 spiro atoms. The van der Waals surface area contributed by atoms with Crippen LogP contribution in [0.4, 0.5) is 4.39 Å². The molecular weight excluding hydrogens is 411 g/mol. The van der Waals surface area contributed by atoms with Crippen molar-refractivity contribution in [1.82, 2.24) is 15.0 Å². The first-order valence-corrected chi connectivity index (χ1v) is 11.3. The first-order chi connectivity index (χ1) is 15.2. The Hall–Kier alpha value is -2.90. The average Bonchev–Trinajstić information content (AvgIpc) is 3.18. The second-order valence-corrected chi connectivity index (χ2v) is 8.93. The zero-order chi connectivity index (χ0) is 21.2. The molecule has 5 rings (SSSR count). The fraction of sp³-hybridized carbons (Fsp3) is 0.292. The van der Waals surface area contributed by atoms with E-state index in [-0.39, 0.29) is 18.5 Å². The number of nitrogens with zero attached hydrogens (tertiary/aromatic N) is 3. The second kappa shape index (κ2) is 8.69. The highest BCUT2D eigenvalue weighted by Gasteiger charge is 2.23. The summed E-state index contributed by atoms with van der Waals surface area (Å²) in [5, 5.41) is 1.01. The predicted molar refractivity (Wildman–Crippen MR) is 121 cm³/mol. The maximum Gasteiger partial charge on any atom is 0.226 e. The minimum Gasteiger partial charge on any atom is -0.475 e. The highest BCUT2D eigenvalue weighted by atomic mass is 32.1. The maximum atomic E-state index is 14.0. The van der Waals surface area contributed by atoms with E-state index in [2.05, 4.69) is 4.98 Å². The molecule has 0 saturated heterocycles. The SMILES string of the molecule is N[C@H](COc1nc(-c2ccncc2)nc2sc3c(c12)CCCC3)Cc1ccccc1F. The summed E-state index contributed by atoms with van der Waals surface area (Å²) in [6, 6.07) is 10.1. The molecule has 0 bridgehead atoms. The lowest BCUT2D eigenvalue weighted by Gasteiger charge is -2.16. The van der Waals surface area contributed by atoms with Gasteiger partial charge in [-0.15, -0.1) is 11.3 Å². The largest absolute Gasteiger partial charge is 0.475 e. The van der Waals surface area contributed by atoms with Gasteiger partial charge < -0.3 is 10.5 Å². The maximum absolute atomic E-state index is 14.0. The van der Waals surface area contributed by atoms with Crippen molar-refractivity contribution in [3.05, 3.63) is 70.6 Å². The van der Waals surface area contributed by atoms with Crippen LogP contribution < -0.4 is 10.5 Å². The Kier molecular flexibility index (Phi) is 5.61. The van der Waals surface area contributed by atoms with Gasteiger partial charge in [-0.3, -0.25) is 4.98 Å². The Bertz CT molecular complexity index is 1210. The summed E-state index contributed by atoms with van der Waals surface area (Å²) >= 11 is 1.73. The zero-order valence-corrected chi connectivity index (χ0v) is 17.9. The lowest BCUT2D eigenvalue weighted by Crippen LogP contribution is -2.30. The molecular formula is C24H23FN4OS. The number of thiophene rings is 1. The fourth-order valence-corrected chi connectivity index (χ4v) is 5.30. The van der Waals surface area contributed by atoms with Gasteiger partial charge in [0.05, 0.1) is 5.39 Å². The number of aryl methyl sites for hydroxylation is 2. The molecule has 3 heterocycles. The summed E-state index contributed by atoms with van der Waals surface area (Å²) in [6.07, 6.45) is 8.32. The molecule has 2 N–H and O–H groups in total. The van der Waals surface area contributed by atoms with Crippen LogP contribution in [0.15, 0.2) is 48.8 Å². The van der Waals surface area contributed by atoms with Gasteiger partial charge in [-0.05, 0) is 61.4 Å². The molecule has 1 atom stereocenters. The van der Waals surface area contributed by atoms with Crippen molar-refractivity contribution in [3.63, 3.8) is 0 Å². The molecule has 158 valence electrons. The molecule has 5 nitrogen and oxygen atoms in total. The van der Waals surface area contributed by atoms with E-state index in [1.165, 1.54) is 22.9 Å². The average molecular weight is 435 g/mol. The number of benzene rings is 1. The Balaban J connectivity index is 1.47. The molecule has 4 aromatic rings. The van der Waals surface area contributed by atoms with Gasteiger partial charge in [0.2, 0.25) is 5.88 Å². The second-order valence-electron chi connectivity index (χ2n) is 7.85. The molecule has 0 amide bonds. The number of halogens is 1. The van der Waals surface area contributed by atoms with Crippen LogP contribution in [0.25, 0.3) is 21.6 Å². The van der Waals surface area contributed by atoms with Crippen molar-refractivity contribution < 1.29 is 9.13 Å². The Morgan fingerprint density at radius 3 is 2.71 bits per heavy atom. The molecule has 0 aliphatic heterocycles. The number of fused-ring (bicyclic) bond motifs is 3. The van der Waals surface area contributed by atoms with Crippen LogP contribution in [0.1, 0.15) is 28.8 Å². The Labute approximate surface area is 184 Å². The van der Waals surface area contributed by atoms with Crippen molar-refractivity contribution in [2.24, 2.45) is 5.73 Å². The van der Waals surface area contributed by atoms with Gasteiger partial charge in [-0.25, -0.2) is 9.37 Å². The number of ether oxygens (including phenoxy) is 1. The lowest BCUT2D eigenvalue weighted by atomic mass is 9.97. The smallest absolute Gasteiger partial charge is 0.226 e. The van der Waals surface area contributed by atoms with Crippen LogP contribution in [0.3, 0.4) is 0 Å². The van der Waals surface area contributed by atoms with Crippen LogP contribution in [0.2, 0.25) is 0 Å². The first kappa shape index (κ1) is 20.0. The third kappa shape index (κ3) is 4.16.